The highest BCUT2D eigenvalue weighted by Crippen LogP contribution is 2.23. The fourth-order valence-electron chi connectivity index (χ4n) is 2.20. The molecular formula is C16H13N3O3. The quantitative estimate of drug-likeness (QED) is 0.683. The molecule has 1 aromatic carbocycles. The Balaban J connectivity index is 1.92. The summed E-state index contributed by atoms with van der Waals surface area (Å²) in [5, 5.41) is 13.2. The third kappa shape index (κ3) is 2.54. The van der Waals surface area contributed by atoms with Crippen LogP contribution in [0.25, 0.3) is 10.9 Å². The molecule has 0 saturated carbocycles. The van der Waals surface area contributed by atoms with Gasteiger partial charge >= 0.3 is 0 Å². The Kier molecular flexibility index (Phi) is 3.57. The molecule has 3 N–H and O–H groups in total. The summed E-state index contributed by atoms with van der Waals surface area (Å²) >= 11 is 0. The minimum Gasteiger partial charge on any atom is -0.506 e. The topological polar surface area (TPSA) is 95.1 Å². The first-order chi connectivity index (χ1) is 10.7. The van der Waals surface area contributed by atoms with Gasteiger partial charge in [-0.25, -0.2) is 0 Å². The molecule has 0 spiro atoms. The third-order valence-electron chi connectivity index (χ3n) is 3.31. The Morgan fingerprint density at radius 3 is 2.77 bits per heavy atom. The van der Waals surface area contributed by atoms with Crippen molar-refractivity contribution in [1.29, 1.82) is 0 Å². The molecule has 0 unspecified atom stereocenters. The number of hydrogen-bond donors (Lipinski definition) is 3. The molecule has 0 aliphatic carbocycles. The van der Waals surface area contributed by atoms with Gasteiger partial charge in [0.1, 0.15) is 11.3 Å². The van der Waals surface area contributed by atoms with Crippen molar-refractivity contribution in [3.05, 3.63) is 70.3 Å². The molecule has 0 atom stereocenters. The molecular weight excluding hydrogens is 282 g/mol. The van der Waals surface area contributed by atoms with Gasteiger partial charge in [-0.15, -0.1) is 0 Å². The van der Waals surface area contributed by atoms with Gasteiger partial charge in [-0.1, -0.05) is 30.3 Å². The predicted octanol–water partition coefficient (Wildman–Crippen LogP) is 1.56. The number of aromatic amines is 1. The smallest absolute Gasteiger partial charge is 0.265 e. The number of H-pyrrole nitrogens is 1. The highest BCUT2D eigenvalue weighted by atomic mass is 16.3. The second kappa shape index (κ2) is 5.69. The van der Waals surface area contributed by atoms with Crippen molar-refractivity contribution in [3.63, 3.8) is 0 Å². The van der Waals surface area contributed by atoms with Crippen LogP contribution in [0.15, 0.2) is 53.6 Å². The van der Waals surface area contributed by atoms with Crippen LogP contribution in [0.4, 0.5) is 0 Å². The zero-order valence-corrected chi connectivity index (χ0v) is 11.5. The van der Waals surface area contributed by atoms with Gasteiger partial charge in [0.2, 0.25) is 0 Å². The van der Waals surface area contributed by atoms with Crippen molar-refractivity contribution in [2.24, 2.45) is 0 Å². The monoisotopic (exact) mass is 295 g/mol. The summed E-state index contributed by atoms with van der Waals surface area (Å²) in [7, 11) is 0. The molecule has 2 aromatic heterocycles. The van der Waals surface area contributed by atoms with Crippen molar-refractivity contribution in [1.82, 2.24) is 15.3 Å². The maximum absolute atomic E-state index is 12.2. The molecule has 6 heteroatoms. The average molecular weight is 295 g/mol. The Morgan fingerprint density at radius 1 is 1.23 bits per heavy atom. The van der Waals surface area contributed by atoms with Gasteiger partial charge in [-0.05, 0) is 11.6 Å². The molecule has 22 heavy (non-hydrogen) atoms. The van der Waals surface area contributed by atoms with Gasteiger partial charge in [0.05, 0.1) is 11.7 Å². The Bertz CT molecular complexity index is 888. The van der Waals surface area contributed by atoms with Crippen molar-refractivity contribution in [2.45, 2.75) is 6.54 Å². The number of rotatable bonds is 3. The van der Waals surface area contributed by atoms with E-state index >= 15 is 0 Å². The number of hydrogen-bond acceptors (Lipinski definition) is 4. The molecule has 3 aromatic rings. The maximum Gasteiger partial charge on any atom is 0.265 e. The van der Waals surface area contributed by atoms with Gasteiger partial charge in [-0.2, -0.15) is 0 Å². The second-order valence-corrected chi connectivity index (χ2v) is 4.77. The van der Waals surface area contributed by atoms with E-state index in [9.17, 15) is 14.7 Å². The van der Waals surface area contributed by atoms with Crippen LogP contribution in [0.3, 0.4) is 0 Å². The van der Waals surface area contributed by atoms with Gasteiger partial charge in [0, 0.05) is 18.1 Å². The number of benzene rings is 1. The SMILES string of the molecule is O=C(NCc1ccccc1)c1c(O)c2ccncc2[nH]c1=O. The summed E-state index contributed by atoms with van der Waals surface area (Å²) in [5.41, 5.74) is 0.333. The number of nitrogens with zero attached hydrogens (tertiary/aromatic N) is 1. The fourth-order valence-corrected chi connectivity index (χ4v) is 2.20. The lowest BCUT2D eigenvalue weighted by Crippen LogP contribution is -2.29. The van der Waals surface area contributed by atoms with Crippen LogP contribution in [0.5, 0.6) is 5.75 Å². The van der Waals surface area contributed by atoms with Crippen LogP contribution in [0.1, 0.15) is 15.9 Å². The third-order valence-corrected chi connectivity index (χ3v) is 3.31. The van der Waals surface area contributed by atoms with Crippen LogP contribution in [0, 0.1) is 0 Å². The van der Waals surface area contributed by atoms with E-state index in [4.69, 9.17) is 0 Å². The first-order valence-corrected chi connectivity index (χ1v) is 6.68. The summed E-state index contributed by atoms with van der Waals surface area (Å²) in [6.07, 6.45) is 2.90. The number of aromatic nitrogens is 2. The number of carbonyl (C=O) groups is 1. The Hall–Kier alpha value is -3.15. The molecule has 6 nitrogen and oxygen atoms in total. The zero-order valence-electron chi connectivity index (χ0n) is 11.5. The van der Waals surface area contributed by atoms with E-state index in [1.807, 2.05) is 30.3 Å². The van der Waals surface area contributed by atoms with Crippen LogP contribution in [-0.4, -0.2) is 21.0 Å². The highest BCUT2D eigenvalue weighted by molar-refractivity contribution is 6.01. The zero-order chi connectivity index (χ0) is 15.5. The lowest BCUT2D eigenvalue weighted by Gasteiger charge is -2.08. The minimum atomic E-state index is -0.649. The van der Waals surface area contributed by atoms with E-state index < -0.39 is 11.5 Å². The molecule has 0 fully saturated rings. The van der Waals surface area contributed by atoms with Gasteiger partial charge in [-0.3, -0.25) is 14.6 Å². The summed E-state index contributed by atoms with van der Waals surface area (Å²) in [4.78, 5) is 30.6. The van der Waals surface area contributed by atoms with E-state index in [1.165, 1.54) is 18.5 Å². The average Bonchev–Trinajstić information content (AvgIpc) is 2.54. The summed E-state index contributed by atoms with van der Waals surface area (Å²) in [5.74, 6) is -0.965. The maximum atomic E-state index is 12.2. The van der Waals surface area contributed by atoms with Gasteiger partial charge in [0.15, 0.2) is 0 Å². The molecule has 0 bridgehead atoms. The van der Waals surface area contributed by atoms with E-state index in [-0.39, 0.29) is 17.9 Å². The molecule has 110 valence electrons. The summed E-state index contributed by atoms with van der Waals surface area (Å²) in [6.45, 7) is 0.271. The van der Waals surface area contributed by atoms with E-state index in [0.29, 0.717) is 10.9 Å². The second-order valence-electron chi connectivity index (χ2n) is 4.77. The first kappa shape index (κ1) is 13.8. The van der Waals surface area contributed by atoms with Gasteiger partial charge in [0.25, 0.3) is 11.5 Å². The number of amides is 1. The molecule has 0 aliphatic heterocycles. The molecule has 3 rings (SSSR count). The number of aromatic hydroxyl groups is 1. The highest BCUT2D eigenvalue weighted by Gasteiger charge is 2.18. The number of carbonyl (C=O) groups excluding carboxylic acids is 1. The van der Waals surface area contributed by atoms with E-state index in [1.54, 1.807) is 0 Å². The lowest BCUT2D eigenvalue weighted by molar-refractivity contribution is 0.0947. The van der Waals surface area contributed by atoms with Crippen LogP contribution in [-0.2, 0) is 6.54 Å². The van der Waals surface area contributed by atoms with E-state index in [0.717, 1.165) is 5.56 Å². The minimum absolute atomic E-state index is 0.271. The van der Waals surface area contributed by atoms with Crippen molar-refractivity contribution in [3.8, 4) is 5.75 Å². The normalized spacial score (nSPS) is 10.5. The predicted molar refractivity (Wildman–Crippen MR) is 81.6 cm³/mol. The largest absolute Gasteiger partial charge is 0.506 e. The summed E-state index contributed by atoms with van der Waals surface area (Å²) < 4.78 is 0. The molecule has 0 saturated heterocycles. The molecule has 0 radical (unpaired) electrons. The standard InChI is InChI=1S/C16H13N3O3/c20-14-11-6-7-17-9-12(11)19-16(22)13(14)15(21)18-8-10-4-2-1-3-5-10/h1-7,9H,8H2,(H,18,21)(H2,19,20,22). The van der Waals surface area contributed by atoms with Gasteiger partial charge < -0.3 is 15.4 Å². The van der Waals surface area contributed by atoms with E-state index in [2.05, 4.69) is 15.3 Å². The first-order valence-electron chi connectivity index (χ1n) is 6.68. The van der Waals surface area contributed by atoms with Crippen LogP contribution in [0.2, 0.25) is 0 Å². The molecule has 1 amide bonds. The number of pyridine rings is 2. The van der Waals surface area contributed by atoms with Crippen molar-refractivity contribution in [2.75, 3.05) is 0 Å². The van der Waals surface area contributed by atoms with Crippen molar-refractivity contribution >= 4 is 16.8 Å². The Labute approximate surface area is 125 Å². The molecule has 0 aliphatic rings. The number of fused-ring (bicyclic) bond motifs is 1. The molecule has 2 heterocycles. The Morgan fingerprint density at radius 2 is 2.00 bits per heavy atom. The van der Waals surface area contributed by atoms with Crippen LogP contribution >= 0.6 is 0 Å². The number of nitrogens with one attached hydrogen (secondary N) is 2. The lowest BCUT2D eigenvalue weighted by atomic mass is 10.1. The van der Waals surface area contributed by atoms with Crippen LogP contribution < -0.4 is 10.9 Å². The fraction of sp³-hybridized carbons (Fsp3) is 0.0625. The summed E-state index contributed by atoms with van der Waals surface area (Å²) in [6, 6.07) is 10.8. The van der Waals surface area contributed by atoms with Crippen molar-refractivity contribution < 1.29 is 9.90 Å².